The predicted octanol–water partition coefficient (Wildman–Crippen LogP) is 1.33. The van der Waals surface area contributed by atoms with Crippen LogP contribution in [-0.2, 0) is 5.41 Å². The first-order chi connectivity index (χ1) is 9.32. The van der Waals surface area contributed by atoms with Crippen LogP contribution >= 0.6 is 0 Å². The predicted molar refractivity (Wildman–Crippen MR) is 80.7 cm³/mol. The molecule has 0 saturated carbocycles. The molecule has 2 heterocycles. The second-order valence-corrected chi connectivity index (χ2v) is 6.46. The fraction of sp³-hybridized carbons (Fsp3) is 0.714. The Morgan fingerprint density at radius 3 is 2.35 bits per heavy atom. The maximum atomic E-state index is 9.64. The number of hydrazine groups is 1. The van der Waals surface area contributed by atoms with Gasteiger partial charge in [0.25, 0.3) is 0 Å². The Morgan fingerprint density at radius 1 is 1.25 bits per heavy atom. The smallest absolute Gasteiger partial charge is 0.148 e. The molecular formula is C14H25N5O. The van der Waals surface area contributed by atoms with Crippen molar-refractivity contribution < 1.29 is 5.11 Å². The first-order valence-corrected chi connectivity index (χ1v) is 7.11. The molecule has 1 aliphatic rings. The molecule has 0 spiro atoms. The molecule has 1 aromatic rings. The maximum Gasteiger partial charge on any atom is 0.148 e. The summed E-state index contributed by atoms with van der Waals surface area (Å²) < 4.78 is 0. The van der Waals surface area contributed by atoms with Crippen LogP contribution < -0.4 is 16.2 Å². The molecule has 0 radical (unpaired) electrons. The van der Waals surface area contributed by atoms with E-state index in [1.54, 1.807) is 0 Å². The van der Waals surface area contributed by atoms with Crippen molar-refractivity contribution in [1.82, 2.24) is 9.97 Å². The van der Waals surface area contributed by atoms with Crippen LogP contribution in [0.3, 0.4) is 0 Å². The first-order valence-electron chi connectivity index (χ1n) is 7.11. The van der Waals surface area contributed by atoms with Gasteiger partial charge in [-0.05, 0) is 19.8 Å². The summed E-state index contributed by atoms with van der Waals surface area (Å²) >= 11 is 0. The molecule has 112 valence electrons. The van der Waals surface area contributed by atoms with Crippen LogP contribution in [0.4, 0.5) is 11.6 Å². The highest BCUT2D eigenvalue weighted by Gasteiger charge is 2.25. The minimum atomic E-state index is -0.192. The standard InChI is InChI=1S/C14H25N5O/c1-9-11(18-15)16-13(14(2,3)4)17-12(9)19-7-5-10(20)6-8-19/h10,20H,5-8,15H2,1-4H3,(H,16,17,18). The number of aliphatic hydroxyl groups is 1. The van der Waals surface area contributed by atoms with Crippen molar-refractivity contribution in [2.75, 3.05) is 23.4 Å². The molecule has 2 rings (SSSR count). The first kappa shape index (κ1) is 15.0. The summed E-state index contributed by atoms with van der Waals surface area (Å²) in [5, 5.41) is 9.64. The zero-order valence-corrected chi connectivity index (χ0v) is 12.8. The van der Waals surface area contributed by atoms with Crippen LogP contribution in [0.15, 0.2) is 0 Å². The van der Waals surface area contributed by atoms with Gasteiger partial charge in [-0.15, -0.1) is 0 Å². The zero-order valence-electron chi connectivity index (χ0n) is 12.8. The molecule has 20 heavy (non-hydrogen) atoms. The van der Waals surface area contributed by atoms with Crippen molar-refractivity contribution in [3.05, 3.63) is 11.4 Å². The summed E-state index contributed by atoms with van der Waals surface area (Å²) in [6.45, 7) is 9.85. The van der Waals surface area contributed by atoms with Crippen molar-refractivity contribution in [3.63, 3.8) is 0 Å². The second-order valence-electron chi connectivity index (χ2n) is 6.46. The van der Waals surface area contributed by atoms with Gasteiger partial charge in [-0.25, -0.2) is 15.8 Å². The Bertz CT molecular complexity index is 475. The van der Waals surface area contributed by atoms with E-state index in [4.69, 9.17) is 10.8 Å². The summed E-state index contributed by atoms with van der Waals surface area (Å²) in [4.78, 5) is 11.5. The van der Waals surface area contributed by atoms with Gasteiger partial charge in [-0.3, -0.25) is 0 Å². The summed E-state index contributed by atoms with van der Waals surface area (Å²) in [6.07, 6.45) is 1.36. The van der Waals surface area contributed by atoms with Crippen LogP contribution in [0.5, 0.6) is 0 Å². The SMILES string of the molecule is Cc1c(NN)nc(C(C)(C)C)nc1N1CCC(O)CC1. The molecule has 1 aromatic heterocycles. The van der Waals surface area contributed by atoms with Crippen LogP contribution in [-0.4, -0.2) is 34.3 Å². The van der Waals surface area contributed by atoms with E-state index in [1.165, 1.54) is 0 Å². The van der Waals surface area contributed by atoms with E-state index in [2.05, 4.69) is 36.1 Å². The molecule has 0 aromatic carbocycles. The van der Waals surface area contributed by atoms with Crippen LogP contribution in [0.1, 0.15) is 45.0 Å². The molecule has 0 unspecified atom stereocenters. The van der Waals surface area contributed by atoms with E-state index in [0.717, 1.165) is 43.1 Å². The largest absolute Gasteiger partial charge is 0.393 e. The summed E-state index contributed by atoms with van der Waals surface area (Å²) in [5.41, 5.74) is 3.49. The lowest BCUT2D eigenvalue weighted by Gasteiger charge is -2.32. The number of anilines is 2. The van der Waals surface area contributed by atoms with E-state index >= 15 is 0 Å². The van der Waals surface area contributed by atoms with E-state index in [-0.39, 0.29) is 11.5 Å². The minimum Gasteiger partial charge on any atom is -0.393 e. The molecule has 4 N–H and O–H groups in total. The average Bonchev–Trinajstić information content (AvgIpc) is 2.39. The highest BCUT2D eigenvalue weighted by atomic mass is 16.3. The van der Waals surface area contributed by atoms with Crippen molar-refractivity contribution in [1.29, 1.82) is 0 Å². The quantitative estimate of drug-likeness (QED) is 0.559. The van der Waals surface area contributed by atoms with Gasteiger partial charge >= 0.3 is 0 Å². The third kappa shape index (κ3) is 3.02. The van der Waals surface area contributed by atoms with E-state index in [1.807, 2.05) is 6.92 Å². The van der Waals surface area contributed by atoms with E-state index < -0.39 is 0 Å². The number of aromatic nitrogens is 2. The molecule has 6 nitrogen and oxygen atoms in total. The Balaban J connectivity index is 2.40. The number of hydrogen-bond donors (Lipinski definition) is 3. The van der Waals surface area contributed by atoms with Gasteiger partial charge in [0.05, 0.1) is 6.10 Å². The maximum absolute atomic E-state index is 9.64. The third-order valence-electron chi connectivity index (χ3n) is 3.69. The molecule has 0 amide bonds. The molecule has 1 fully saturated rings. The van der Waals surface area contributed by atoms with Crippen LogP contribution in [0.25, 0.3) is 0 Å². The highest BCUT2D eigenvalue weighted by molar-refractivity contribution is 5.58. The Labute approximate surface area is 120 Å². The lowest BCUT2D eigenvalue weighted by molar-refractivity contribution is 0.145. The molecule has 1 saturated heterocycles. The lowest BCUT2D eigenvalue weighted by Crippen LogP contribution is -2.37. The molecule has 0 aliphatic carbocycles. The van der Waals surface area contributed by atoms with Gasteiger partial charge in [0.2, 0.25) is 0 Å². The van der Waals surface area contributed by atoms with E-state index in [9.17, 15) is 5.11 Å². The van der Waals surface area contributed by atoms with Crippen LogP contribution in [0, 0.1) is 6.92 Å². The summed E-state index contributed by atoms with van der Waals surface area (Å²) in [6, 6.07) is 0. The Hall–Kier alpha value is -1.40. The number of piperidine rings is 1. The minimum absolute atomic E-state index is 0.136. The Morgan fingerprint density at radius 2 is 1.85 bits per heavy atom. The Kier molecular flexibility index (Phi) is 4.15. The molecular weight excluding hydrogens is 254 g/mol. The molecule has 0 bridgehead atoms. The molecule has 6 heteroatoms. The number of nitrogens with two attached hydrogens (primary N) is 1. The van der Waals surface area contributed by atoms with Crippen molar-refractivity contribution in [2.45, 2.75) is 52.1 Å². The number of rotatable bonds is 2. The van der Waals surface area contributed by atoms with Crippen molar-refractivity contribution in [2.24, 2.45) is 5.84 Å². The fourth-order valence-corrected chi connectivity index (χ4v) is 2.37. The van der Waals surface area contributed by atoms with Gasteiger partial charge in [0.15, 0.2) is 0 Å². The fourth-order valence-electron chi connectivity index (χ4n) is 2.37. The van der Waals surface area contributed by atoms with Gasteiger partial charge in [-0.2, -0.15) is 0 Å². The van der Waals surface area contributed by atoms with Crippen LogP contribution in [0.2, 0.25) is 0 Å². The number of nitrogens with one attached hydrogen (secondary N) is 1. The normalized spacial score (nSPS) is 17.4. The molecule has 0 atom stereocenters. The summed E-state index contributed by atoms with van der Waals surface area (Å²) in [5.74, 6) is 7.95. The third-order valence-corrected chi connectivity index (χ3v) is 3.69. The van der Waals surface area contributed by atoms with Gasteiger partial charge < -0.3 is 15.4 Å². The van der Waals surface area contributed by atoms with E-state index in [0.29, 0.717) is 5.82 Å². The zero-order chi connectivity index (χ0) is 14.9. The number of aliphatic hydroxyl groups excluding tert-OH is 1. The second kappa shape index (κ2) is 5.54. The monoisotopic (exact) mass is 279 g/mol. The topological polar surface area (TPSA) is 87.3 Å². The average molecular weight is 279 g/mol. The van der Waals surface area contributed by atoms with Gasteiger partial charge in [-0.1, -0.05) is 20.8 Å². The molecule has 1 aliphatic heterocycles. The number of nitrogen functional groups attached to an aromatic ring is 1. The highest BCUT2D eigenvalue weighted by Crippen LogP contribution is 2.29. The summed E-state index contributed by atoms with van der Waals surface area (Å²) in [7, 11) is 0. The van der Waals surface area contributed by atoms with Gasteiger partial charge in [0.1, 0.15) is 17.5 Å². The number of hydrogen-bond acceptors (Lipinski definition) is 6. The van der Waals surface area contributed by atoms with Crippen molar-refractivity contribution in [3.8, 4) is 0 Å². The van der Waals surface area contributed by atoms with Gasteiger partial charge in [0, 0.05) is 24.1 Å². The lowest BCUT2D eigenvalue weighted by atomic mass is 9.95. The number of nitrogens with zero attached hydrogens (tertiary/aromatic N) is 3. The van der Waals surface area contributed by atoms with Crippen molar-refractivity contribution >= 4 is 11.6 Å².